The zero-order valence-corrected chi connectivity index (χ0v) is 16.0. The molecule has 0 spiro atoms. The van der Waals surface area contributed by atoms with Crippen LogP contribution in [-0.4, -0.2) is 52.8 Å². The minimum absolute atomic E-state index is 0.838. The minimum atomic E-state index is 0.838. The number of fused-ring (bicyclic) bond motifs is 1. The molecule has 1 aromatic carbocycles. The highest BCUT2D eigenvalue weighted by atomic mass is 16.5. The van der Waals surface area contributed by atoms with Gasteiger partial charge >= 0.3 is 0 Å². The maximum absolute atomic E-state index is 5.23. The average molecular weight is 353 g/mol. The Hall–Kier alpha value is -2.60. The Morgan fingerprint density at radius 2 is 1.85 bits per heavy atom. The van der Waals surface area contributed by atoms with Gasteiger partial charge in [-0.1, -0.05) is 13.8 Å². The topological polar surface area (TPSA) is 54.7 Å². The molecule has 0 atom stereocenters. The van der Waals surface area contributed by atoms with Gasteiger partial charge < -0.3 is 15.0 Å². The molecule has 3 rings (SSSR count). The number of likely N-dealkylation sites (N-methyl/N-ethyl adjacent to an activating group) is 1. The van der Waals surface area contributed by atoms with Crippen molar-refractivity contribution in [1.82, 2.24) is 19.5 Å². The zero-order valence-electron chi connectivity index (χ0n) is 16.0. The molecular formula is C20H27N5O. The second kappa shape index (κ2) is 8.19. The number of anilines is 1. The van der Waals surface area contributed by atoms with Gasteiger partial charge in [-0.2, -0.15) is 9.61 Å². The standard InChI is InChI=1S/C20H27N5O/c1-5-24(6-2)12-11-21-19-13-15(3)22-20-14-18(23-25(19)20)16-7-9-17(26-4)10-8-16/h7-10,13-14,21H,5-6,11-12H2,1-4H3. The number of hydrogen-bond donors (Lipinski definition) is 1. The Kier molecular flexibility index (Phi) is 5.73. The summed E-state index contributed by atoms with van der Waals surface area (Å²) in [5.41, 5.74) is 3.77. The number of ether oxygens (including phenoxy) is 1. The summed E-state index contributed by atoms with van der Waals surface area (Å²) < 4.78 is 7.11. The van der Waals surface area contributed by atoms with Gasteiger partial charge in [0.2, 0.25) is 0 Å². The number of rotatable bonds is 8. The summed E-state index contributed by atoms with van der Waals surface area (Å²) in [6.07, 6.45) is 0. The van der Waals surface area contributed by atoms with Gasteiger partial charge in [0.05, 0.1) is 12.8 Å². The molecule has 0 fully saturated rings. The largest absolute Gasteiger partial charge is 0.497 e. The van der Waals surface area contributed by atoms with Crippen LogP contribution >= 0.6 is 0 Å². The monoisotopic (exact) mass is 353 g/mol. The van der Waals surface area contributed by atoms with E-state index in [-0.39, 0.29) is 0 Å². The molecule has 6 heteroatoms. The van der Waals surface area contributed by atoms with E-state index in [0.29, 0.717) is 0 Å². The summed E-state index contributed by atoms with van der Waals surface area (Å²) in [6.45, 7) is 10.4. The van der Waals surface area contributed by atoms with Crippen molar-refractivity contribution in [2.45, 2.75) is 20.8 Å². The van der Waals surface area contributed by atoms with E-state index in [1.165, 1.54) is 0 Å². The predicted molar refractivity (Wildman–Crippen MR) is 106 cm³/mol. The van der Waals surface area contributed by atoms with Crippen molar-refractivity contribution in [3.05, 3.63) is 42.1 Å². The summed E-state index contributed by atoms with van der Waals surface area (Å²) in [7, 11) is 1.67. The molecule has 0 radical (unpaired) electrons. The van der Waals surface area contributed by atoms with Crippen LogP contribution in [-0.2, 0) is 0 Å². The van der Waals surface area contributed by atoms with Gasteiger partial charge in [-0.05, 0) is 44.3 Å². The number of benzene rings is 1. The van der Waals surface area contributed by atoms with E-state index in [9.17, 15) is 0 Å². The highest BCUT2D eigenvalue weighted by molar-refractivity contribution is 5.66. The number of aromatic nitrogens is 3. The second-order valence-corrected chi connectivity index (χ2v) is 6.26. The molecule has 1 N–H and O–H groups in total. The Morgan fingerprint density at radius 3 is 2.50 bits per heavy atom. The molecule has 26 heavy (non-hydrogen) atoms. The Balaban J connectivity index is 1.85. The van der Waals surface area contributed by atoms with Crippen molar-refractivity contribution in [2.75, 3.05) is 38.6 Å². The number of nitrogens with one attached hydrogen (secondary N) is 1. The summed E-state index contributed by atoms with van der Waals surface area (Å²) in [5.74, 6) is 1.81. The zero-order chi connectivity index (χ0) is 18.5. The fourth-order valence-electron chi connectivity index (χ4n) is 3.01. The normalized spacial score (nSPS) is 11.3. The van der Waals surface area contributed by atoms with Crippen molar-refractivity contribution in [1.29, 1.82) is 0 Å². The van der Waals surface area contributed by atoms with Crippen LogP contribution in [0, 0.1) is 6.92 Å². The number of aryl methyl sites for hydroxylation is 1. The lowest BCUT2D eigenvalue weighted by atomic mass is 10.1. The van der Waals surface area contributed by atoms with Gasteiger partial charge in [0.15, 0.2) is 5.65 Å². The first kappa shape index (κ1) is 18.2. The third-order valence-electron chi connectivity index (χ3n) is 4.57. The van der Waals surface area contributed by atoms with Gasteiger partial charge in [-0.25, -0.2) is 4.98 Å². The third-order valence-corrected chi connectivity index (χ3v) is 4.57. The lowest BCUT2D eigenvalue weighted by Gasteiger charge is -2.18. The predicted octanol–water partition coefficient (Wildman–Crippen LogP) is 3.47. The molecule has 0 aliphatic heterocycles. The summed E-state index contributed by atoms with van der Waals surface area (Å²) in [4.78, 5) is 7.01. The molecule has 0 bridgehead atoms. The van der Waals surface area contributed by atoms with Crippen LogP contribution in [0.5, 0.6) is 5.75 Å². The highest BCUT2D eigenvalue weighted by Gasteiger charge is 2.10. The molecule has 3 aromatic rings. The van der Waals surface area contributed by atoms with E-state index in [0.717, 1.165) is 60.3 Å². The van der Waals surface area contributed by atoms with Crippen molar-refractivity contribution in [3.63, 3.8) is 0 Å². The molecular weight excluding hydrogens is 326 g/mol. The molecule has 0 unspecified atom stereocenters. The van der Waals surface area contributed by atoms with Crippen molar-refractivity contribution < 1.29 is 4.74 Å². The van der Waals surface area contributed by atoms with Crippen LogP contribution in [0.3, 0.4) is 0 Å². The van der Waals surface area contributed by atoms with E-state index < -0.39 is 0 Å². The smallest absolute Gasteiger partial charge is 0.158 e. The molecule has 6 nitrogen and oxygen atoms in total. The molecule has 0 aliphatic carbocycles. The van der Waals surface area contributed by atoms with Crippen molar-refractivity contribution >= 4 is 11.5 Å². The van der Waals surface area contributed by atoms with Gasteiger partial charge in [0.25, 0.3) is 0 Å². The highest BCUT2D eigenvalue weighted by Crippen LogP contribution is 2.23. The van der Waals surface area contributed by atoms with E-state index in [4.69, 9.17) is 9.84 Å². The number of nitrogens with zero attached hydrogens (tertiary/aromatic N) is 4. The van der Waals surface area contributed by atoms with E-state index in [2.05, 4.69) is 29.0 Å². The first-order valence-electron chi connectivity index (χ1n) is 9.12. The summed E-state index contributed by atoms with van der Waals surface area (Å²) >= 11 is 0. The van der Waals surface area contributed by atoms with Crippen LogP contribution in [0.4, 0.5) is 5.82 Å². The fraction of sp³-hybridized carbons (Fsp3) is 0.400. The first-order valence-corrected chi connectivity index (χ1v) is 9.12. The third kappa shape index (κ3) is 3.96. The fourth-order valence-corrected chi connectivity index (χ4v) is 3.01. The summed E-state index contributed by atoms with van der Waals surface area (Å²) in [5, 5.41) is 8.26. The van der Waals surface area contributed by atoms with E-state index in [1.54, 1.807) is 7.11 Å². The SMILES string of the molecule is CCN(CC)CCNc1cc(C)nc2cc(-c3ccc(OC)cc3)nn12. The molecule has 0 saturated carbocycles. The molecule has 0 aliphatic rings. The molecule has 0 amide bonds. The Labute approximate surface area is 154 Å². The maximum Gasteiger partial charge on any atom is 0.158 e. The van der Waals surface area contributed by atoms with Gasteiger partial charge in [0.1, 0.15) is 11.6 Å². The average Bonchev–Trinajstić information content (AvgIpc) is 3.09. The molecule has 138 valence electrons. The first-order chi connectivity index (χ1) is 12.6. The van der Waals surface area contributed by atoms with Crippen LogP contribution in [0.25, 0.3) is 16.9 Å². The molecule has 0 saturated heterocycles. The van der Waals surface area contributed by atoms with Gasteiger partial charge in [-0.15, -0.1) is 0 Å². The van der Waals surface area contributed by atoms with Gasteiger partial charge in [0, 0.05) is 36.5 Å². The van der Waals surface area contributed by atoms with Crippen LogP contribution in [0.2, 0.25) is 0 Å². The van der Waals surface area contributed by atoms with E-state index in [1.807, 2.05) is 47.8 Å². The minimum Gasteiger partial charge on any atom is -0.497 e. The maximum atomic E-state index is 5.23. The number of hydrogen-bond acceptors (Lipinski definition) is 5. The quantitative estimate of drug-likeness (QED) is 0.672. The van der Waals surface area contributed by atoms with Crippen LogP contribution in [0.1, 0.15) is 19.5 Å². The number of methoxy groups -OCH3 is 1. The van der Waals surface area contributed by atoms with E-state index >= 15 is 0 Å². The van der Waals surface area contributed by atoms with Crippen molar-refractivity contribution in [2.24, 2.45) is 0 Å². The lowest BCUT2D eigenvalue weighted by molar-refractivity contribution is 0.316. The molecule has 2 aromatic heterocycles. The summed E-state index contributed by atoms with van der Waals surface area (Å²) in [6, 6.07) is 12.0. The second-order valence-electron chi connectivity index (χ2n) is 6.26. The Morgan fingerprint density at radius 1 is 1.12 bits per heavy atom. The van der Waals surface area contributed by atoms with Crippen molar-refractivity contribution in [3.8, 4) is 17.0 Å². The van der Waals surface area contributed by atoms with Crippen LogP contribution in [0.15, 0.2) is 36.4 Å². The molecule has 2 heterocycles. The van der Waals surface area contributed by atoms with Gasteiger partial charge in [-0.3, -0.25) is 0 Å². The Bertz CT molecular complexity index is 853. The lowest BCUT2D eigenvalue weighted by Crippen LogP contribution is -2.29. The van der Waals surface area contributed by atoms with Crippen LogP contribution < -0.4 is 10.1 Å².